The molecule has 0 aliphatic carbocycles. The molecular weight excluding hydrogens is 226 g/mol. The van der Waals surface area contributed by atoms with E-state index in [0.717, 1.165) is 34.4 Å². The van der Waals surface area contributed by atoms with E-state index in [9.17, 15) is 0 Å². The van der Waals surface area contributed by atoms with Gasteiger partial charge in [-0.2, -0.15) is 5.10 Å². The van der Waals surface area contributed by atoms with Crippen LogP contribution in [-0.2, 0) is 0 Å². The van der Waals surface area contributed by atoms with Crippen molar-refractivity contribution < 1.29 is 4.74 Å². The maximum Gasteiger partial charge on any atom is 0.131 e. The van der Waals surface area contributed by atoms with Gasteiger partial charge >= 0.3 is 0 Å². The summed E-state index contributed by atoms with van der Waals surface area (Å²) in [6.45, 7) is 2.03. The highest BCUT2D eigenvalue weighted by Gasteiger charge is 2.07. The number of aromatic amines is 1. The van der Waals surface area contributed by atoms with Gasteiger partial charge in [0.25, 0.3) is 0 Å². The van der Waals surface area contributed by atoms with Gasteiger partial charge in [0.15, 0.2) is 0 Å². The quantitative estimate of drug-likeness (QED) is 0.875. The zero-order valence-corrected chi connectivity index (χ0v) is 10.1. The summed E-state index contributed by atoms with van der Waals surface area (Å²) in [6, 6.07) is 3.93. The molecule has 0 saturated carbocycles. The second-order valence-corrected chi connectivity index (χ2v) is 4.11. The zero-order chi connectivity index (χ0) is 12.4. The summed E-state index contributed by atoms with van der Waals surface area (Å²) in [4.78, 5) is 4.07. The fourth-order valence-electron chi connectivity index (χ4n) is 1.93. The number of nitrogens with one attached hydrogen (secondary N) is 1. The average molecular weight is 239 g/mol. The number of benzene rings is 1. The molecule has 18 heavy (non-hydrogen) atoms. The minimum Gasteiger partial charge on any atom is -0.457 e. The molecule has 3 rings (SSSR count). The van der Waals surface area contributed by atoms with Gasteiger partial charge in [-0.25, -0.2) is 0 Å². The minimum absolute atomic E-state index is 0.787. The first-order valence-corrected chi connectivity index (χ1v) is 5.83. The average Bonchev–Trinajstić information content (AvgIpc) is 2.71. The normalized spacial score (nSPS) is 14.6. The Hall–Kier alpha value is -2.36. The fraction of sp³-hybridized carbons (Fsp3) is 0.143. The lowest BCUT2D eigenvalue weighted by molar-refractivity contribution is 0.440. The van der Waals surface area contributed by atoms with Gasteiger partial charge in [-0.15, -0.1) is 0 Å². The molecular formula is C14H13N3O. The van der Waals surface area contributed by atoms with Crippen molar-refractivity contribution in [2.24, 2.45) is 4.99 Å². The van der Waals surface area contributed by atoms with Crippen LogP contribution >= 0.6 is 0 Å². The van der Waals surface area contributed by atoms with Crippen LogP contribution in [0.5, 0.6) is 5.75 Å². The van der Waals surface area contributed by atoms with E-state index in [2.05, 4.69) is 15.2 Å². The lowest BCUT2D eigenvalue weighted by Crippen LogP contribution is -1.94. The van der Waals surface area contributed by atoms with Crippen LogP contribution in [0.2, 0.25) is 0 Å². The van der Waals surface area contributed by atoms with Crippen molar-refractivity contribution >= 4 is 17.1 Å². The number of allylic oxidation sites excluding steroid dienone is 2. The van der Waals surface area contributed by atoms with Crippen molar-refractivity contribution in [2.75, 3.05) is 0 Å². The van der Waals surface area contributed by atoms with Gasteiger partial charge in [-0.1, -0.05) is 0 Å². The number of ether oxygens (including phenoxy) is 1. The van der Waals surface area contributed by atoms with Gasteiger partial charge in [0.1, 0.15) is 11.5 Å². The molecule has 1 N–H and O–H groups in total. The molecule has 1 aliphatic rings. The van der Waals surface area contributed by atoms with Crippen molar-refractivity contribution in [1.82, 2.24) is 10.2 Å². The Morgan fingerprint density at radius 3 is 3.22 bits per heavy atom. The number of rotatable bonds is 2. The van der Waals surface area contributed by atoms with Crippen LogP contribution in [0.4, 0.5) is 0 Å². The molecule has 0 radical (unpaired) electrons. The highest BCUT2D eigenvalue weighted by Crippen LogP contribution is 2.27. The van der Waals surface area contributed by atoms with Crippen LogP contribution < -0.4 is 4.74 Å². The molecule has 1 aromatic heterocycles. The molecule has 90 valence electrons. The van der Waals surface area contributed by atoms with Crippen molar-refractivity contribution in [3.8, 4) is 5.75 Å². The second kappa shape index (κ2) is 4.49. The molecule has 1 aliphatic heterocycles. The molecule has 0 fully saturated rings. The van der Waals surface area contributed by atoms with Gasteiger partial charge in [0.05, 0.1) is 11.7 Å². The number of hydrogen-bond acceptors (Lipinski definition) is 3. The van der Waals surface area contributed by atoms with Crippen molar-refractivity contribution in [2.45, 2.75) is 13.3 Å². The highest BCUT2D eigenvalue weighted by molar-refractivity contribution is 5.83. The lowest BCUT2D eigenvalue weighted by Gasteiger charge is -2.09. The molecule has 0 unspecified atom stereocenters. The van der Waals surface area contributed by atoms with Crippen LogP contribution in [0.15, 0.2) is 47.4 Å². The van der Waals surface area contributed by atoms with Crippen molar-refractivity contribution in [1.29, 1.82) is 0 Å². The molecule has 0 amide bonds. The molecule has 2 aromatic rings. The summed E-state index contributed by atoms with van der Waals surface area (Å²) in [5, 5.41) is 8.07. The highest BCUT2D eigenvalue weighted by atomic mass is 16.5. The first-order chi connectivity index (χ1) is 8.84. The predicted molar refractivity (Wildman–Crippen MR) is 71.8 cm³/mol. The van der Waals surface area contributed by atoms with Gasteiger partial charge in [-0.3, -0.25) is 10.1 Å². The Morgan fingerprint density at radius 2 is 2.28 bits per heavy atom. The van der Waals surface area contributed by atoms with Gasteiger partial charge in [0.2, 0.25) is 0 Å². The van der Waals surface area contributed by atoms with E-state index >= 15 is 0 Å². The summed E-state index contributed by atoms with van der Waals surface area (Å²) in [7, 11) is 0. The van der Waals surface area contributed by atoms with Gasteiger partial charge < -0.3 is 4.74 Å². The second-order valence-electron chi connectivity index (χ2n) is 4.11. The van der Waals surface area contributed by atoms with E-state index in [4.69, 9.17) is 4.74 Å². The summed E-state index contributed by atoms with van der Waals surface area (Å²) < 4.78 is 5.90. The van der Waals surface area contributed by atoms with Gasteiger partial charge in [0, 0.05) is 29.8 Å². The topological polar surface area (TPSA) is 50.3 Å². The number of aliphatic imine (C=N–C) groups is 1. The van der Waals surface area contributed by atoms with Crippen molar-refractivity contribution in [3.63, 3.8) is 0 Å². The summed E-state index contributed by atoms with van der Waals surface area (Å²) in [6.07, 6.45) is 10.1. The van der Waals surface area contributed by atoms with E-state index in [-0.39, 0.29) is 0 Å². The molecule has 0 saturated heterocycles. The van der Waals surface area contributed by atoms with Crippen LogP contribution in [-0.4, -0.2) is 16.4 Å². The maximum atomic E-state index is 5.90. The number of nitrogens with zero attached hydrogens (tertiary/aromatic N) is 2. The van der Waals surface area contributed by atoms with Gasteiger partial charge in [-0.05, 0) is 31.2 Å². The first kappa shape index (κ1) is 10.8. The molecule has 4 heteroatoms. The zero-order valence-electron chi connectivity index (χ0n) is 10.1. The number of fused-ring (bicyclic) bond motifs is 1. The van der Waals surface area contributed by atoms with E-state index in [1.165, 1.54) is 0 Å². The number of aromatic nitrogens is 2. The summed E-state index contributed by atoms with van der Waals surface area (Å²) in [5.41, 5.74) is 2.11. The molecule has 4 nitrogen and oxygen atoms in total. The summed E-state index contributed by atoms with van der Waals surface area (Å²) >= 11 is 0. The Kier molecular flexibility index (Phi) is 2.68. The first-order valence-electron chi connectivity index (χ1n) is 5.83. The number of hydrogen-bond donors (Lipinski definition) is 1. The molecule has 0 spiro atoms. The fourth-order valence-corrected chi connectivity index (χ4v) is 1.93. The van der Waals surface area contributed by atoms with Crippen LogP contribution in [0.1, 0.15) is 12.0 Å². The molecule has 2 heterocycles. The Morgan fingerprint density at radius 1 is 1.33 bits per heavy atom. The third-order valence-electron chi connectivity index (χ3n) is 2.93. The maximum absolute atomic E-state index is 5.90. The number of aryl methyl sites for hydroxylation is 1. The predicted octanol–water partition coefficient (Wildman–Crippen LogP) is 3.12. The molecule has 0 atom stereocenters. The molecule has 1 aromatic carbocycles. The third kappa shape index (κ3) is 1.93. The van der Waals surface area contributed by atoms with E-state index in [1.54, 1.807) is 6.20 Å². The van der Waals surface area contributed by atoms with E-state index in [0.29, 0.717) is 0 Å². The summed E-state index contributed by atoms with van der Waals surface area (Å²) in [5.74, 6) is 1.67. The Bertz CT molecular complexity index is 665. The van der Waals surface area contributed by atoms with Crippen LogP contribution in [0.3, 0.4) is 0 Å². The number of H-pyrrole nitrogens is 1. The molecule has 0 bridgehead atoms. The Labute approximate surface area is 105 Å². The Balaban J connectivity index is 1.95. The standard InChI is InChI=1S/C14H13N3O/c1-10-12-9-16-17-13(12)4-5-14(10)18-11-3-2-7-15-8-6-11/h3-9H,2H2,1H3,(H,16,17). The smallest absolute Gasteiger partial charge is 0.131 e. The largest absolute Gasteiger partial charge is 0.457 e. The van der Waals surface area contributed by atoms with Crippen LogP contribution in [0.25, 0.3) is 10.9 Å². The monoisotopic (exact) mass is 239 g/mol. The third-order valence-corrected chi connectivity index (χ3v) is 2.93. The van der Waals surface area contributed by atoms with Crippen molar-refractivity contribution in [3.05, 3.63) is 48.0 Å². The van der Waals surface area contributed by atoms with E-state index in [1.807, 2.05) is 43.6 Å². The van der Waals surface area contributed by atoms with Crippen LogP contribution in [0, 0.1) is 6.92 Å². The minimum atomic E-state index is 0.787. The SMILES string of the molecule is Cc1c(OC2=CCC=NC=C2)ccc2[nH]ncc12. The lowest BCUT2D eigenvalue weighted by atomic mass is 10.1. The van der Waals surface area contributed by atoms with E-state index < -0.39 is 0 Å².